The maximum Gasteiger partial charge on any atom is 0.257 e. The van der Waals surface area contributed by atoms with Crippen molar-refractivity contribution in [3.05, 3.63) is 65.5 Å². The first-order chi connectivity index (χ1) is 10.5. The van der Waals surface area contributed by atoms with Crippen LogP contribution in [0.3, 0.4) is 0 Å². The molecule has 0 fully saturated rings. The molecule has 0 aliphatic heterocycles. The van der Waals surface area contributed by atoms with Crippen molar-refractivity contribution in [2.24, 2.45) is 0 Å². The van der Waals surface area contributed by atoms with E-state index in [-0.39, 0.29) is 30.9 Å². The Morgan fingerprint density at radius 1 is 1.05 bits per heavy atom. The standard InChI is InChI=1S/C16H14F3NO2/c17-12-2-1-3-14(9-12)22-10-16(21)20-7-6-11-8-13(18)4-5-15(11)19/h1-5,8-9H,6-7,10H2,(H,20,21). The summed E-state index contributed by atoms with van der Waals surface area (Å²) >= 11 is 0. The fourth-order valence-electron chi connectivity index (χ4n) is 1.83. The molecule has 0 radical (unpaired) electrons. The van der Waals surface area contributed by atoms with E-state index in [1.165, 1.54) is 18.2 Å². The van der Waals surface area contributed by atoms with E-state index in [0.717, 1.165) is 24.3 Å². The highest BCUT2D eigenvalue weighted by molar-refractivity contribution is 5.77. The molecule has 0 heterocycles. The van der Waals surface area contributed by atoms with E-state index >= 15 is 0 Å². The number of carbonyl (C=O) groups excluding carboxylic acids is 1. The number of nitrogens with one attached hydrogen (secondary N) is 1. The van der Waals surface area contributed by atoms with Gasteiger partial charge in [0.15, 0.2) is 6.61 Å². The first-order valence-corrected chi connectivity index (χ1v) is 6.63. The minimum Gasteiger partial charge on any atom is -0.484 e. The van der Waals surface area contributed by atoms with E-state index in [9.17, 15) is 18.0 Å². The maximum atomic E-state index is 13.4. The summed E-state index contributed by atoms with van der Waals surface area (Å²) in [5.74, 6) is -1.70. The van der Waals surface area contributed by atoms with E-state index in [1.807, 2.05) is 0 Å². The Morgan fingerprint density at radius 2 is 1.82 bits per heavy atom. The number of ether oxygens (including phenoxy) is 1. The van der Waals surface area contributed by atoms with Crippen LogP contribution in [0.1, 0.15) is 5.56 Å². The van der Waals surface area contributed by atoms with Gasteiger partial charge in [-0.3, -0.25) is 4.79 Å². The van der Waals surface area contributed by atoms with Gasteiger partial charge in [-0.2, -0.15) is 0 Å². The van der Waals surface area contributed by atoms with E-state index in [4.69, 9.17) is 4.74 Å². The van der Waals surface area contributed by atoms with Crippen LogP contribution in [0.25, 0.3) is 0 Å². The molecule has 1 N–H and O–H groups in total. The summed E-state index contributed by atoms with van der Waals surface area (Å²) in [5, 5.41) is 2.52. The van der Waals surface area contributed by atoms with Gasteiger partial charge in [0, 0.05) is 12.6 Å². The Labute approximate surface area is 125 Å². The van der Waals surface area contributed by atoms with Crippen molar-refractivity contribution < 1.29 is 22.7 Å². The average molecular weight is 309 g/mol. The molecule has 3 nitrogen and oxygen atoms in total. The van der Waals surface area contributed by atoms with E-state index in [1.54, 1.807) is 0 Å². The predicted octanol–water partition coefficient (Wildman–Crippen LogP) is 2.84. The van der Waals surface area contributed by atoms with Crippen molar-refractivity contribution >= 4 is 5.91 Å². The smallest absolute Gasteiger partial charge is 0.257 e. The number of rotatable bonds is 6. The van der Waals surface area contributed by atoms with Crippen LogP contribution in [0.5, 0.6) is 5.75 Å². The molecule has 0 aromatic heterocycles. The molecule has 0 atom stereocenters. The number of amides is 1. The molecule has 0 bridgehead atoms. The molecule has 2 rings (SSSR count). The van der Waals surface area contributed by atoms with Crippen LogP contribution in [-0.2, 0) is 11.2 Å². The number of carbonyl (C=O) groups is 1. The summed E-state index contributed by atoms with van der Waals surface area (Å²) in [7, 11) is 0. The van der Waals surface area contributed by atoms with Crippen LogP contribution >= 0.6 is 0 Å². The number of benzene rings is 2. The number of halogens is 3. The monoisotopic (exact) mass is 309 g/mol. The Kier molecular flexibility index (Phi) is 5.41. The Balaban J connectivity index is 1.75. The zero-order valence-electron chi connectivity index (χ0n) is 11.6. The van der Waals surface area contributed by atoms with Crippen molar-refractivity contribution in [2.75, 3.05) is 13.2 Å². The van der Waals surface area contributed by atoms with Crippen molar-refractivity contribution in [2.45, 2.75) is 6.42 Å². The third-order valence-electron chi connectivity index (χ3n) is 2.89. The highest BCUT2D eigenvalue weighted by Gasteiger charge is 2.06. The summed E-state index contributed by atoms with van der Waals surface area (Å²) in [6.07, 6.45) is 0.162. The second-order valence-electron chi connectivity index (χ2n) is 4.58. The molecule has 0 aliphatic rings. The molecule has 0 spiro atoms. The molecule has 116 valence electrons. The van der Waals surface area contributed by atoms with Gasteiger partial charge in [0.05, 0.1) is 0 Å². The Hall–Kier alpha value is -2.50. The first-order valence-electron chi connectivity index (χ1n) is 6.63. The van der Waals surface area contributed by atoms with E-state index in [0.29, 0.717) is 0 Å². The van der Waals surface area contributed by atoms with Gasteiger partial charge in [0.25, 0.3) is 5.91 Å². The zero-order chi connectivity index (χ0) is 15.9. The second-order valence-corrected chi connectivity index (χ2v) is 4.58. The third-order valence-corrected chi connectivity index (χ3v) is 2.89. The largest absolute Gasteiger partial charge is 0.484 e. The molecule has 2 aromatic rings. The van der Waals surface area contributed by atoms with Gasteiger partial charge in [-0.15, -0.1) is 0 Å². The van der Waals surface area contributed by atoms with Gasteiger partial charge in [-0.25, -0.2) is 13.2 Å². The molecule has 0 aliphatic carbocycles. The lowest BCUT2D eigenvalue weighted by Gasteiger charge is -2.08. The summed E-state index contributed by atoms with van der Waals surface area (Å²) in [4.78, 5) is 11.5. The second kappa shape index (κ2) is 7.49. The minimum absolute atomic E-state index is 0.145. The molecule has 0 unspecified atom stereocenters. The van der Waals surface area contributed by atoms with Crippen molar-refractivity contribution in [3.63, 3.8) is 0 Å². The molecule has 2 aromatic carbocycles. The van der Waals surface area contributed by atoms with E-state index in [2.05, 4.69) is 5.32 Å². The average Bonchev–Trinajstić information content (AvgIpc) is 2.49. The fraction of sp³-hybridized carbons (Fsp3) is 0.188. The lowest BCUT2D eigenvalue weighted by molar-refractivity contribution is -0.123. The van der Waals surface area contributed by atoms with Gasteiger partial charge in [-0.1, -0.05) is 6.07 Å². The van der Waals surface area contributed by atoms with Crippen LogP contribution in [-0.4, -0.2) is 19.1 Å². The molecule has 6 heteroatoms. The Morgan fingerprint density at radius 3 is 2.59 bits per heavy atom. The summed E-state index contributed by atoms with van der Waals surface area (Å²) in [5.41, 5.74) is 0.186. The highest BCUT2D eigenvalue weighted by atomic mass is 19.1. The summed E-state index contributed by atoms with van der Waals surface area (Å²) in [6.45, 7) is -0.138. The molecule has 0 saturated heterocycles. The normalized spacial score (nSPS) is 10.3. The lowest BCUT2D eigenvalue weighted by atomic mass is 10.1. The minimum atomic E-state index is -0.530. The topological polar surface area (TPSA) is 38.3 Å². The zero-order valence-corrected chi connectivity index (χ0v) is 11.6. The number of hydrogen-bond donors (Lipinski definition) is 1. The molecule has 1 amide bonds. The van der Waals surface area contributed by atoms with Crippen LogP contribution in [0.15, 0.2) is 42.5 Å². The van der Waals surface area contributed by atoms with Crippen molar-refractivity contribution in [3.8, 4) is 5.75 Å². The third kappa shape index (κ3) is 4.80. The molecular formula is C16H14F3NO2. The Bertz CT molecular complexity index is 662. The number of hydrogen-bond acceptors (Lipinski definition) is 2. The maximum absolute atomic E-state index is 13.4. The van der Waals surface area contributed by atoms with Gasteiger partial charge in [0.1, 0.15) is 23.2 Å². The van der Waals surface area contributed by atoms with Gasteiger partial charge < -0.3 is 10.1 Å². The van der Waals surface area contributed by atoms with Crippen molar-refractivity contribution in [1.82, 2.24) is 5.32 Å². The quantitative estimate of drug-likeness (QED) is 0.891. The summed E-state index contributed by atoms with van der Waals surface area (Å²) < 4.78 is 44.3. The first kappa shape index (κ1) is 15.9. The molecule has 22 heavy (non-hydrogen) atoms. The molecule has 0 saturated carbocycles. The lowest BCUT2D eigenvalue weighted by Crippen LogP contribution is -2.30. The van der Waals surface area contributed by atoms with E-state index < -0.39 is 23.4 Å². The van der Waals surface area contributed by atoms with Crippen LogP contribution in [0.2, 0.25) is 0 Å². The fourth-order valence-corrected chi connectivity index (χ4v) is 1.83. The van der Waals surface area contributed by atoms with Crippen LogP contribution in [0, 0.1) is 17.5 Å². The van der Waals surface area contributed by atoms with Crippen LogP contribution in [0.4, 0.5) is 13.2 Å². The SMILES string of the molecule is O=C(COc1cccc(F)c1)NCCc1cc(F)ccc1F. The van der Waals surface area contributed by atoms with Crippen molar-refractivity contribution in [1.29, 1.82) is 0 Å². The molecular weight excluding hydrogens is 295 g/mol. The van der Waals surface area contributed by atoms with Crippen LogP contribution < -0.4 is 10.1 Å². The van der Waals surface area contributed by atoms with Gasteiger partial charge in [-0.05, 0) is 42.3 Å². The highest BCUT2D eigenvalue weighted by Crippen LogP contribution is 2.12. The summed E-state index contributed by atoms with van der Waals surface area (Å²) in [6, 6.07) is 8.58. The predicted molar refractivity (Wildman–Crippen MR) is 75.0 cm³/mol. The van der Waals surface area contributed by atoms with Gasteiger partial charge >= 0.3 is 0 Å². The van der Waals surface area contributed by atoms with Gasteiger partial charge in [0.2, 0.25) is 0 Å².